The molecule has 3 heterocycles. The van der Waals surface area contributed by atoms with E-state index < -0.39 is 114 Å². The van der Waals surface area contributed by atoms with E-state index in [4.69, 9.17) is 0 Å². The summed E-state index contributed by atoms with van der Waals surface area (Å²) in [7, 11) is 0. The Morgan fingerprint density at radius 3 is 1.67 bits per heavy atom. The summed E-state index contributed by atoms with van der Waals surface area (Å²) in [5, 5.41) is 37.1. The van der Waals surface area contributed by atoms with Crippen molar-refractivity contribution >= 4 is 47.3 Å². The number of carbonyl (C=O) groups excluding carboxylic acids is 8. The molecule has 3 saturated heterocycles. The second-order valence-corrected chi connectivity index (χ2v) is 16.3. The fraction of sp³-hybridized carbons (Fsp3) is 0.650. The molecule has 9 atom stereocenters. The first-order valence-corrected chi connectivity index (χ1v) is 20.2. The molecule has 0 unspecified atom stereocenters. The Balaban J connectivity index is 1.72. The van der Waals surface area contributed by atoms with E-state index in [1.807, 2.05) is 13.8 Å². The van der Waals surface area contributed by atoms with Crippen molar-refractivity contribution in [3.05, 3.63) is 35.9 Å². The van der Waals surface area contributed by atoms with Crippen LogP contribution in [0, 0.1) is 11.8 Å². The van der Waals surface area contributed by atoms with Crippen molar-refractivity contribution in [3.8, 4) is 0 Å². The number of hydrogen-bond donors (Lipinski definition) is 8. The van der Waals surface area contributed by atoms with Crippen molar-refractivity contribution in [3.63, 3.8) is 0 Å². The molecule has 3 fully saturated rings. The number of fused-ring (bicyclic) bond motifs is 2. The van der Waals surface area contributed by atoms with Gasteiger partial charge in [0.2, 0.25) is 47.3 Å². The average molecular weight is 813 g/mol. The minimum Gasteiger partial charge on any atom is -0.391 e. The van der Waals surface area contributed by atoms with Crippen LogP contribution in [-0.2, 0) is 44.8 Å². The number of hydrogen-bond acceptors (Lipinski definition) is 10. The molecule has 0 bridgehead atoms. The molecule has 0 aromatic heterocycles. The van der Waals surface area contributed by atoms with Crippen molar-refractivity contribution < 1.29 is 48.6 Å². The summed E-state index contributed by atoms with van der Waals surface area (Å²) in [6, 6.07) is 0.0800. The van der Waals surface area contributed by atoms with E-state index in [0.717, 1.165) is 0 Å². The molecule has 0 saturated carbocycles. The van der Waals surface area contributed by atoms with Gasteiger partial charge in [-0.3, -0.25) is 38.4 Å². The zero-order chi connectivity index (χ0) is 42.8. The number of nitrogens with zero attached hydrogens (tertiary/aromatic N) is 2. The van der Waals surface area contributed by atoms with Crippen LogP contribution in [0.4, 0.5) is 0 Å². The molecular weight excluding hydrogens is 752 g/mol. The van der Waals surface area contributed by atoms with E-state index in [-0.39, 0.29) is 44.7 Å². The number of aliphatic hydroxyl groups excluding tert-OH is 2. The maximum Gasteiger partial charge on any atom is 0.248 e. The van der Waals surface area contributed by atoms with Crippen LogP contribution in [0.1, 0.15) is 79.2 Å². The van der Waals surface area contributed by atoms with Crippen LogP contribution in [0.15, 0.2) is 30.3 Å². The standard InChI is InChI=1S/C40H60N8O10/c1-21(2)18-26-34(52)46-33(24(6)50)40(58)48-17-11-15-29(48)36(54)45-32(23(5)49)38(56)43-27(19-25-12-8-7-9-13-25)39(57)47-16-10-14-28(47)35(53)44-31(22(3)4)37(55)41-20-30(51)42-26/h7-9,12-13,21-24,26-29,31-33,49-50H,10-11,14-20H2,1-6H3,(H,41,55)(H,42,51)(H,43,56)(H,44,53)(H,45,54)(H,46,52)/t23-,24-,26+,27+,28+,29+,31+,32+,33+/m1/s1. The van der Waals surface area contributed by atoms with E-state index in [2.05, 4.69) is 31.9 Å². The summed E-state index contributed by atoms with van der Waals surface area (Å²) in [4.78, 5) is 113. The number of carbonyl (C=O) groups is 8. The molecule has 0 aliphatic carbocycles. The Kier molecular flexibility index (Phi) is 16.2. The number of nitrogens with one attached hydrogen (secondary N) is 6. The van der Waals surface area contributed by atoms with E-state index in [9.17, 15) is 48.6 Å². The highest BCUT2D eigenvalue weighted by atomic mass is 16.3. The van der Waals surface area contributed by atoms with Crippen LogP contribution >= 0.6 is 0 Å². The summed E-state index contributed by atoms with van der Waals surface area (Å²) >= 11 is 0. The van der Waals surface area contributed by atoms with Crippen LogP contribution in [0.2, 0.25) is 0 Å². The van der Waals surface area contributed by atoms with E-state index in [1.54, 1.807) is 44.2 Å². The smallest absolute Gasteiger partial charge is 0.248 e. The predicted molar refractivity (Wildman–Crippen MR) is 210 cm³/mol. The number of aliphatic hydroxyl groups is 2. The molecule has 1 aromatic carbocycles. The maximum atomic E-state index is 14.3. The molecule has 4 rings (SSSR count). The van der Waals surface area contributed by atoms with Crippen LogP contribution in [0.5, 0.6) is 0 Å². The highest BCUT2D eigenvalue weighted by Gasteiger charge is 2.43. The molecule has 320 valence electrons. The van der Waals surface area contributed by atoms with Gasteiger partial charge in [0.05, 0.1) is 18.8 Å². The van der Waals surface area contributed by atoms with Gasteiger partial charge in [0.1, 0.15) is 42.3 Å². The molecule has 18 heteroatoms. The minimum atomic E-state index is -1.57. The first kappa shape index (κ1) is 45.6. The monoisotopic (exact) mass is 812 g/mol. The number of rotatable bonds is 7. The van der Waals surface area contributed by atoms with Crippen molar-refractivity contribution in [1.29, 1.82) is 0 Å². The van der Waals surface area contributed by atoms with Crippen molar-refractivity contribution in [2.75, 3.05) is 19.6 Å². The summed E-state index contributed by atoms with van der Waals surface area (Å²) in [6.07, 6.45) is -1.46. The van der Waals surface area contributed by atoms with Gasteiger partial charge in [0.15, 0.2) is 0 Å². The zero-order valence-electron chi connectivity index (χ0n) is 34.2. The first-order chi connectivity index (χ1) is 27.4. The summed E-state index contributed by atoms with van der Waals surface area (Å²) in [6.45, 7) is 9.34. The second kappa shape index (κ2) is 20.5. The normalized spacial score (nSPS) is 28.7. The molecule has 18 nitrogen and oxygen atoms in total. The molecule has 3 aliphatic heterocycles. The fourth-order valence-electron chi connectivity index (χ4n) is 7.60. The molecule has 0 radical (unpaired) electrons. The van der Waals surface area contributed by atoms with Gasteiger partial charge in [-0.2, -0.15) is 0 Å². The summed E-state index contributed by atoms with van der Waals surface area (Å²) < 4.78 is 0. The highest BCUT2D eigenvalue weighted by molar-refractivity contribution is 5.99. The lowest BCUT2D eigenvalue weighted by atomic mass is 10.0. The third-order valence-electron chi connectivity index (χ3n) is 10.7. The van der Waals surface area contributed by atoms with Gasteiger partial charge < -0.3 is 51.9 Å². The Hall–Kier alpha value is -5.10. The molecule has 0 spiro atoms. The lowest BCUT2D eigenvalue weighted by Crippen LogP contribution is -2.63. The summed E-state index contributed by atoms with van der Waals surface area (Å²) in [5.74, 6) is -6.34. The quantitative estimate of drug-likeness (QED) is 0.154. The van der Waals surface area contributed by atoms with Crippen LogP contribution in [-0.4, -0.2) is 141 Å². The lowest BCUT2D eigenvalue weighted by Gasteiger charge is -2.33. The largest absolute Gasteiger partial charge is 0.391 e. The van der Waals surface area contributed by atoms with Gasteiger partial charge in [-0.15, -0.1) is 0 Å². The number of amides is 8. The zero-order valence-corrected chi connectivity index (χ0v) is 34.2. The third-order valence-corrected chi connectivity index (χ3v) is 10.7. The second-order valence-electron chi connectivity index (χ2n) is 16.3. The Labute approximate surface area is 339 Å². The summed E-state index contributed by atoms with van der Waals surface area (Å²) in [5.41, 5.74) is 0.683. The number of benzene rings is 1. The van der Waals surface area contributed by atoms with Gasteiger partial charge in [-0.05, 0) is 63.4 Å². The maximum absolute atomic E-state index is 14.3. The van der Waals surface area contributed by atoms with E-state index in [0.29, 0.717) is 18.4 Å². The molecule has 58 heavy (non-hydrogen) atoms. The van der Waals surface area contributed by atoms with Crippen LogP contribution in [0.25, 0.3) is 0 Å². The van der Waals surface area contributed by atoms with E-state index >= 15 is 0 Å². The lowest BCUT2D eigenvalue weighted by molar-refractivity contribution is -0.145. The molecule has 8 amide bonds. The van der Waals surface area contributed by atoms with Gasteiger partial charge >= 0.3 is 0 Å². The molecular formula is C40H60N8O10. The first-order valence-electron chi connectivity index (χ1n) is 20.2. The van der Waals surface area contributed by atoms with E-state index in [1.165, 1.54) is 23.6 Å². The van der Waals surface area contributed by atoms with Crippen molar-refractivity contribution in [1.82, 2.24) is 41.7 Å². The third kappa shape index (κ3) is 11.7. The topological polar surface area (TPSA) is 256 Å². The van der Waals surface area contributed by atoms with Crippen molar-refractivity contribution in [2.45, 2.75) is 135 Å². The average Bonchev–Trinajstić information content (AvgIpc) is 3.86. The van der Waals surface area contributed by atoms with Crippen LogP contribution in [0.3, 0.4) is 0 Å². The van der Waals surface area contributed by atoms with Gasteiger partial charge in [-0.25, -0.2) is 0 Å². The fourth-order valence-corrected chi connectivity index (χ4v) is 7.60. The van der Waals surface area contributed by atoms with Gasteiger partial charge in [0, 0.05) is 19.5 Å². The Morgan fingerprint density at radius 2 is 1.14 bits per heavy atom. The van der Waals surface area contributed by atoms with Gasteiger partial charge in [0.25, 0.3) is 0 Å². The van der Waals surface area contributed by atoms with Crippen LogP contribution < -0.4 is 31.9 Å². The predicted octanol–water partition coefficient (Wildman–Crippen LogP) is -1.77. The highest BCUT2D eigenvalue weighted by Crippen LogP contribution is 2.22. The molecule has 3 aliphatic rings. The Bertz CT molecular complexity index is 1670. The molecule has 8 N–H and O–H groups in total. The molecule has 1 aromatic rings. The van der Waals surface area contributed by atoms with Gasteiger partial charge in [-0.1, -0.05) is 58.0 Å². The van der Waals surface area contributed by atoms with Crippen molar-refractivity contribution in [2.24, 2.45) is 11.8 Å². The minimum absolute atomic E-state index is 0.00516. The Morgan fingerprint density at radius 1 is 0.603 bits per heavy atom. The SMILES string of the molecule is CC(C)C[C@@H]1NC(=O)CNC(=O)[C@H](C(C)C)NC(=O)[C@@H]2CCCN2C(=O)[C@H](Cc2ccccc2)NC(=O)[C@H]([C@@H](C)O)NC(=O)[C@@H]2CCCN2C(=O)[C@H]([C@@H](C)O)NC1=O.